The molecule has 1 heterocycles. The molecule has 2 rings (SSSR count). The van der Waals surface area contributed by atoms with Gasteiger partial charge in [-0.15, -0.1) is 0 Å². The van der Waals surface area contributed by atoms with Gasteiger partial charge in [0.1, 0.15) is 5.67 Å². The molecule has 0 bridgehead atoms. The number of halogens is 2. The lowest BCUT2D eigenvalue weighted by Gasteiger charge is -2.32. The van der Waals surface area contributed by atoms with Gasteiger partial charge < -0.3 is 5.32 Å². The van der Waals surface area contributed by atoms with Crippen LogP contribution in [0.4, 0.5) is 4.39 Å². The zero-order chi connectivity index (χ0) is 10.9. The van der Waals surface area contributed by atoms with Crippen LogP contribution in [-0.2, 0) is 0 Å². The Morgan fingerprint density at radius 2 is 2.33 bits per heavy atom. The van der Waals surface area contributed by atoms with Gasteiger partial charge in [0.05, 0.1) is 0 Å². The molecule has 1 aliphatic heterocycles. The molecule has 15 heavy (non-hydrogen) atoms. The largest absolute Gasteiger partial charge is 0.307 e. The third-order valence-electron chi connectivity index (χ3n) is 2.92. The monoisotopic (exact) mass is 227 g/mol. The zero-order valence-corrected chi connectivity index (χ0v) is 9.52. The van der Waals surface area contributed by atoms with Crippen LogP contribution < -0.4 is 5.32 Å². The molecule has 1 N–H and O–H groups in total. The van der Waals surface area contributed by atoms with Crippen molar-refractivity contribution in [2.45, 2.75) is 31.5 Å². The van der Waals surface area contributed by atoms with Gasteiger partial charge in [-0.1, -0.05) is 23.7 Å². The molecule has 3 heteroatoms. The Labute approximate surface area is 94.6 Å². The number of hydrogen-bond acceptors (Lipinski definition) is 1. The first kappa shape index (κ1) is 10.9. The van der Waals surface area contributed by atoms with Gasteiger partial charge in [0, 0.05) is 17.6 Å². The maximum absolute atomic E-state index is 13.6. The SMILES string of the molecule is CC1(F)CCC(c2cccc(Cl)c2)NC1. The minimum absolute atomic E-state index is 0.243. The summed E-state index contributed by atoms with van der Waals surface area (Å²) in [4.78, 5) is 0. The minimum atomic E-state index is -1.06. The Morgan fingerprint density at radius 1 is 1.53 bits per heavy atom. The molecule has 0 radical (unpaired) electrons. The van der Waals surface area contributed by atoms with Crippen LogP contribution in [0.1, 0.15) is 31.4 Å². The van der Waals surface area contributed by atoms with E-state index in [9.17, 15) is 4.39 Å². The van der Waals surface area contributed by atoms with Crippen molar-refractivity contribution in [1.82, 2.24) is 5.32 Å². The predicted molar refractivity (Wildman–Crippen MR) is 60.9 cm³/mol. The lowest BCUT2D eigenvalue weighted by Crippen LogP contribution is -2.41. The van der Waals surface area contributed by atoms with Crippen molar-refractivity contribution in [1.29, 1.82) is 0 Å². The molecule has 2 atom stereocenters. The van der Waals surface area contributed by atoms with E-state index in [1.54, 1.807) is 6.92 Å². The van der Waals surface area contributed by atoms with Crippen LogP contribution in [0.2, 0.25) is 5.02 Å². The van der Waals surface area contributed by atoms with E-state index in [1.807, 2.05) is 24.3 Å². The van der Waals surface area contributed by atoms with Crippen LogP contribution in [0.3, 0.4) is 0 Å². The fraction of sp³-hybridized carbons (Fsp3) is 0.500. The summed E-state index contributed by atoms with van der Waals surface area (Å²) in [7, 11) is 0. The molecule has 82 valence electrons. The normalized spacial score (nSPS) is 31.5. The summed E-state index contributed by atoms with van der Waals surface area (Å²) in [5.41, 5.74) is 0.0905. The van der Waals surface area contributed by atoms with E-state index in [0.717, 1.165) is 17.0 Å². The Hall–Kier alpha value is -0.600. The van der Waals surface area contributed by atoms with Crippen molar-refractivity contribution >= 4 is 11.6 Å². The second-order valence-electron chi connectivity index (χ2n) is 4.44. The molecule has 1 aromatic rings. The molecular weight excluding hydrogens is 213 g/mol. The molecule has 0 spiro atoms. The van der Waals surface area contributed by atoms with Gasteiger partial charge in [0.15, 0.2) is 0 Å². The van der Waals surface area contributed by atoms with Gasteiger partial charge in [-0.3, -0.25) is 0 Å². The highest BCUT2D eigenvalue weighted by Crippen LogP contribution is 2.30. The molecule has 1 nitrogen and oxygen atoms in total. The molecule has 0 aliphatic carbocycles. The van der Waals surface area contributed by atoms with Crippen molar-refractivity contribution < 1.29 is 4.39 Å². The van der Waals surface area contributed by atoms with Crippen LogP contribution in [0.15, 0.2) is 24.3 Å². The van der Waals surface area contributed by atoms with E-state index in [-0.39, 0.29) is 6.04 Å². The highest BCUT2D eigenvalue weighted by Gasteiger charge is 2.30. The zero-order valence-electron chi connectivity index (χ0n) is 8.76. The number of hydrogen-bond donors (Lipinski definition) is 1. The maximum atomic E-state index is 13.6. The smallest absolute Gasteiger partial charge is 0.120 e. The summed E-state index contributed by atoms with van der Waals surface area (Å²) >= 11 is 5.92. The summed E-state index contributed by atoms with van der Waals surface area (Å²) in [5.74, 6) is 0. The van der Waals surface area contributed by atoms with Gasteiger partial charge in [-0.2, -0.15) is 0 Å². The van der Waals surface area contributed by atoms with Crippen LogP contribution in [0.25, 0.3) is 0 Å². The van der Waals surface area contributed by atoms with Gasteiger partial charge in [-0.05, 0) is 37.5 Å². The van der Waals surface area contributed by atoms with Gasteiger partial charge >= 0.3 is 0 Å². The van der Waals surface area contributed by atoms with E-state index in [0.29, 0.717) is 13.0 Å². The van der Waals surface area contributed by atoms with Crippen LogP contribution >= 0.6 is 11.6 Å². The summed E-state index contributed by atoms with van der Waals surface area (Å²) in [6.07, 6.45) is 1.44. The first-order valence-corrected chi connectivity index (χ1v) is 5.62. The molecule has 1 aliphatic rings. The second kappa shape index (κ2) is 4.11. The fourth-order valence-corrected chi connectivity index (χ4v) is 2.18. The van der Waals surface area contributed by atoms with Crippen molar-refractivity contribution in [3.8, 4) is 0 Å². The van der Waals surface area contributed by atoms with E-state index < -0.39 is 5.67 Å². The highest BCUT2D eigenvalue weighted by molar-refractivity contribution is 6.30. The average molecular weight is 228 g/mol. The van der Waals surface area contributed by atoms with Crippen molar-refractivity contribution in [3.63, 3.8) is 0 Å². The van der Waals surface area contributed by atoms with Crippen molar-refractivity contribution in [3.05, 3.63) is 34.9 Å². The molecule has 1 saturated heterocycles. The number of rotatable bonds is 1. The lowest BCUT2D eigenvalue weighted by molar-refractivity contribution is 0.125. The molecular formula is C12H15ClFN. The van der Waals surface area contributed by atoms with Crippen molar-refractivity contribution in [2.24, 2.45) is 0 Å². The Morgan fingerprint density at radius 3 is 2.93 bits per heavy atom. The molecule has 1 aromatic carbocycles. The number of alkyl halides is 1. The van der Waals surface area contributed by atoms with Gasteiger partial charge in [0.25, 0.3) is 0 Å². The average Bonchev–Trinajstić information content (AvgIpc) is 2.17. The number of nitrogens with one attached hydrogen (secondary N) is 1. The maximum Gasteiger partial charge on any atom is 0.120 e. The van der Waals surface area contributed by atoms with Crippen LogP contribution in [0, 0.1) is 0 Å². The van der Waals surface area contributed by atoms with Gasteiger partial charge in [0.2, 0.25) is 0 Å². The van der Waals surface area contributed by atoms with E-state index in [2.05, 4.69) is 5.32 Å². The summed E-state index contributed by atoms with van der Waals surface area (Å²) in [6.45, 7) is 2.07. The van der Waals surface area contributed by atoms with E-state index in [1.165, 1.54) is 0 Å². The lowest BCUT2D eigenvalue weighted by atomic mass is 9.90. The highest BCUT2D eigenvalue weighted by atomic mass is 35.5. The third-order valence-corrected chi connectivity index (χ3v) is 3.16. The quantitative estimate of drug-likeness (QED) is 0.775. The standard InChI is InChI=1S/C12H15ClFN/c1-12(14)6-5-11(15-8-12)9-3-2-4-10(13)7-9/h2-4,7,11,15H,5-6,8H2,1H3. The topological polar surface area (TPSA) is 12.0 Å². The first-order chi connectivity index (χ1) is 7.07. The fourth-order valence-electron chi connectivity index (χ4n) is 1.98. The summed E-state index contributed by atoms with van der Waals surface area (Å²) in [5, 5.41) is 3.96. The molecule has 1 fully saturated rings. The third kappa shape index (κ3) is 2.70. The summed E-state index contributed by atoms with van der Waals surface area (Å²) in [6, 6.07) is 8.01. The Bertz CT molecular complexity index is 341. The molecule has 0 amide bonds. The van der Waals surface area contributed by atoms with E-state index >= 15 is 0 Å². The first-order valence-electron chi connectivity index (χ1n) is 5.25. The number of piperidine rings is 1. The van der Waals surface area contributed by atoms with E-state index in [4.69, 9.17) is 11.6 Å². The summed E-state index contributed by atoms with van der Waals surface area (Å²) < 4.78 is 13.6. The van der Waals surface area contributed by atoms with Gasteiger partial charge in [-0.25, -0.2) is 4.39 Å². The molecule has 2 unspecified atom stereocenters. The molecule has 0 aromatic heterocycles. The number of benzene rings is 1. The van der Waals surface area contributed by atoms with Crippen LogP contribution in [0.5, 0.6) is 0 Å². The Kier molecular flexibility index (Phi) is 2.98. The van der Waals surface area contributed by atoms with Crippen molar-refractivity contribution in [2.75, 3.05) is 6.54 Å². The minimum Gasteiger partial charge on any atom is -0.307 e. The van der Waals surface area contributed by atoms with Crippen LogP contribution in [-0.4, -0.2) is 12.2 Å². The predicted octanol–water partition coefficient (Wildman–Crippen LogP) is 3.49. The molecule has 0 saturated carbocycles. The second-order valence-corrected chi connectivity index (χ2v) is 4.88. The Balaban J connectivity index is 2.08.